The quantitative estimate of drug-likeness (QED) is 0.861. The first-order chi connectivity index (χ1) is 8.17. The molecule has 1 N–H and O–H groups in total. The summed E-state index contributed by atoms with van der Waals surface area (Å²) in [5.41, 5.74) is 1.14. The molecule has 1 aromatic carbocycles. The van der Waals surface area contributed by atoms with Gasteiger partial charge < -0.3 is 10.2 Å². The number of carbonyl (C=O) groups is 1. The van der Waals surface area contributed by atoms with E-state index in [-0.39, 0.29) is 6.03 Å². The van der Waals surface area contributed by atoms with Crippen molar-refractivity contribution in [3.63, 3.8) is 0 Å². The van der Waals surface area contributed by atoms with Gasteiger partial charge in [0, 0.05) is 24.7 Å². The second kappa shape index (κ2) is 7.17. The van der Waals surface area contributed by atoms with Crippen LogP contribution in [0.2, 0.25) is 5.02 Å². The van der Waals surface area contributed by atoms with Gasteiger partial charge in [-0.1, -0.05) is 23.7 Å². The summed E-state index contributed by atoms with van der Waals surface area (Å²) in [6, 6.07) is 7.70. The highest BCUT2D eigenvalue weighted by Gasteiger charge is 2.07. The van der Waals surface area contributed by atoms with Crippen molar-refractivity contribution in [3.8, 4) is 0 Å². The van der Waals surface area contributed by atoms with Gasteiger partial charge in [0.1, 0.15) is 0 Å². The van der Waals surface area contributed by atoms with Gasteiger partial charge in [0.2, 0.25) is 0 Å². The average Bonchev–Trinajstić information content (AvgIpc) is 2.30. The number of carbonyl (C=O) groups excluding carboxylic acids is 1. The highest BCUT2D eigenvalue weighted by Crippen LogP contribution is 2.10. The lowest BCUT2D eigenvalue weighted by Gasteiger charge is -2.19. The van der Waals surface area contributed by atoms with Crippen LogP contribution in [0.5, 0.6) is 0 Å². The molecular weight excluding hydrogens is 236 g/mol. The van der Waals surface area contributed by atoms with Crippen LogP contribution >= 0.6 is 11.6 Å². The van der Waals surface area contributed by atoms with Crippen LogP contribution in [0.3, 0.4) is 0 Å². The van der Waals surface area contributed by atoms with Crippen molar-refractivity contribution in [2.24, 2.45) is 0 Å². The molecule has 4 heteroatoms. The molecule has 0 saturated carbocycles. The van der Waals surface area contributed by atoms with Crippen molar-refractivity contribution in [2.75, 3.05) is 19.6 Å². The number of benzene rings is 1. The Morgan fingerprint density at radius 1 is 1.35 bits per heavy atom. The fourth-order valence-electron chi connectivity index (χ4n) is 1.63. The van der Waals surface area contributed by atoms with E-state index in [2.05, 4.69) is 5.32 Å². The molecule has 0 spiro atoms. The molecule has 0 aliphatic heterocycles. The monoisotopic (exact) mass is 254 g/mol. The normalized spacial score (nSPS) is 10.1. The predicted molar refractivity (Wildman–Crippen MR) is 71.5 cm³/mol. The Morgan fingerprint density at radius 3 is 2.65 bits per heavy atom. The van der Waals surface area contributed by atoms with Crippen molar-refractivity contribution in [1.82, 2.24) is 10.2 Å². The standard InChI is InChI=1S/C13H19ClN2O/c1-3-16(4-2)13(17)15-9-8-11-6-5-7-12(14)10-11/h5-7,10H,3-4,8-9H2,1-2H3,(H,15,17). The highest BCUT2D eigenvalue weighted by molar-refractivity contribution is 6.30. The Bertz CT molecular complexity index is 364. The van der Waals surface area contributed by atoms with Crippen LogP contribution < -0.4 is 5.32 Å². The van der Waals surface area contributed by atoms with E-state index in [0.717, 1.165) is 30.1 Å². The van der Waals surface area contributed by atoms with E-state index < -0.39 is 0 Å². The van der Waals surface area contributed by atoms with Crippen molar-refractivity contribution < 1.29 is 4.79 Å². The Hall–Kier alpha value is -1.22. The molecule has 2 amide bonds. The second-order valence-corrected chi connectivity index (χ2v) is 4.22. The van der Waals surface area contributed by atoms with Gasteiger partial charge in [0.25, 0.3) is 0 Å². The van der Waals surface area contributed by atoms with Crippen LogP contribution in [0, 0.1) is 0 Å². The summed E-state index contributed by atoms with van der Waals surface area (Å²) in [4.78, 5) is 13.4. The SMILES string of the molecule is CCN(CC)C(=O)NCCc1cccc(Cl)c1. The van der Waals surface area contributed by atoms with E-state index in [1.54, 1.807) is 4.90 Å². The lowest BCUT2D eigenvalue weighted by Crippen LogP contribution is -2.40. The zero-order valence-corrected chi connectivity index (χ0v) is 11.1. The number of amides is 2. The molecule has 0 atom stereocenters. The third-order valence-corrected chi connectivity index (χ3v) is 2.86. The minimum absolute atomic E-state index is 0.00275. The third-order valence-electron chi connectivity index (χ3n) is 2.63. The molecular formula is C13H19ClN2O. The van der Waals surface area contributed by atoms with E-state index in [9.17, 15) is 4.79 Å². The molecule has 0 bridgehead atoms. The van der Waals surface area contributed by atoms with Gasteiger partial charge in [-0.3, -0.25) is 0 Å². The van der Waals surface area contributed by atoms with Crippen molar-refractivity contribution in [1.29, 1.82) is 0 Å². The summed E-state index contributed by atoms with van der Waals surface area (Å²) in [6.45, 7) is 6.05. The first-order valence-electron chi connectivity index (χ1n) is 5.94. The molecule has 0 aromatic heterocycles. The van der Waals surface area contributed by atoms with E-state index in [4.69, 9.17) is 11.6 Å². The van der Waals surface area contributed by atoms with Gasteiger partial charge in [0.15, 0.2) is 0 Å². The smallest absolute Gasteiger partial charge is 0.317 e. The minimum Gasteiger partial charge on any atom is -0.338 e. The number of nitrogens with zero attached hydrogens (tertiary/aromatic N) is 1. The number of halogens is 1. The van der Waals surface area contributed by atoms with Crippen LogP contribution in [-0.4, -0.2) is 30.6 Å². The summed E-state index contributed by atoms with van der Waals surface area (Å²) in [5, 5.41) is 3.63. The molecule has 0 unspecified atom stereocenters. The largest absolute Gasteiger partial charge is 0.338 e. The fourth-order valence-corrected chi connectivity index (χ4v) is 1.84. The van der Waals surface area contributed by atoms with Crippen molar-refractivity contribution >= 4 is 17.6 Å². The fraction of sp³-hybridized carbons (Fsp3) is 0.462. The van der Waals surface area contributed by atoms with Crippen LogP contribution in [0.1, 0.15) is 19.4 Å². The predicted octanol–water partition coefficient (Wildman–Crippen LogP) is 2.93. The lowest BCUT2D eigenvalue weighted by atomic mass is 10.1. The zero-order valence-electron chi connectivity index (χ0n) is 10.4. The highest BCUT2D eigenvalue weighted by atomic mass is 35.5. The Labute approximate surface area is 108 Å². The maximum absolute atomic E-state index is 11.7. The van der Waals surface area contributed by atoms with Gasteiger partial charge in [-0.25, -0.2) is 4.79 Å². The number of rotatable bonds is 5. The summed E-state index contributed by atoms with van der Waals surface area (Å²) in [7, 11) is 0. The maximum Gasteiger partial charge on any atom is 0.317 e. The Kier molecular flexibility index (Phi) is 5.84. The average molecular weight is 255 g/mol. The molecule has 0 saturated heterocycles. The van der Waals surface area contributed by atoms with E-state index in [1.165, 1.54) is 0 Å². The van der Waals surface area contributed by atoms with E-state index in [1.807, 2.05) is 38.1 Å². The second-order valence-electron chi connectivity index (χ2n) is 3.78. The first-order valence-corrected chi connectivity index (χ1v) is 6.32. The van der Waals surface area contributed by atoms with Gasteiger partial charge in [0.05, 0.1) is 0 Å². The zero-order chi connectivity index (χ0) is 12.7. The van der Waals surface area contributed by atoms with Crippen molar-refractivity contribution in [3.05, 3.63) is 34.9 Å². The number of hydrogen-bond acceptors (Lipinski definition) is 1. The Balaban J connectivity index is 2.35. The van der Waals surface area contributed by atoms with Gasteiger partial charge in [-0.05, 0) is 38.0 Å². The van der Waals surface area contributed by atoms with Crippen LogP contribution in [0.4, 0.5) is 4.79 Å². The van der Waals surface area contributed by atoms with Crippen LogP contribution in [-0.2, 0) is 6.42 Å². The van der Waals surface area contributed by atoms with Crippen molar-refractivity contribution in [2.45, 2.75) is 20.3 Å². The number of urea groups is 1. The maximum atomic E-state index is 11.7. The molecule has 0 fully saturated rings. The van der Waals surface area contributed by atoms with Crippen LogP contribution in [0.15, 0.2) is 24.3 Å². The molecule has 0 aliphatic carbocycles. The minimum atomic E-state index is -0.00275. The number of hydrogen-bond donors (Lipinski definition) is 1. The van der Waals surface area contributed by atoms with Gasteiger partial charge in [-0.2, -0.15) is 0 Å². The molecule has 94 valence electrons. The third kappa shape index (κ3) is 4.65. The summed E-state index contributed by atoms with van der Waals surface area (Å²) in [5.74, 6) is 0. The summed E-state index contributed by atoms with van der Waals surface area (Å²) >= 11 is 5.89. The molecule has 3 nitrogen and oxygen atoms in total. The van der Waals surface area contributed by atoms with Gasteiger partial charge in [-0.15, -0.1) is 0 Å². The topological polar surface area (TPSA) is 32.3 Å². The van der Waals surface area contributed by atoms with E-state index in [0.29, 0.717) is 6.54 Å². The Morgan fingerprint density at radius 2 is 2.06 bits per heavy atom. The van der Waals surface area contributed by atoms with E-state index >= 15 is 0 Å². The molecule has 1 rings (SSSR count). The molecule has 1 aromatic rings. The molecule has 17 heavy (non-hydrogen) atoms. The van der Waals surface area contributed by atoms with Gasteiger partial charge >= 0.3 is 6.03 Å². The summed E-state index contributed by atoms with van der Waals surface area (Å²) < 4.78 is 0. The molecule has 0 heterocycles. The first kappa shape index (κ1) is 13.8. The van der Waals surface area contributed by atoms with Crippen LogP contribution in [0.25, 0.3) is 0 Å². The summed E-state index contributed by atoms with van der Waals surface area (Å²) in [6.07, 6.45) is 0.799. The molecule has 0 aliphatic rings. The molecule has 0 radical (unpaired) electrons. The number of nitrogens with one attached hydrogen (secondary N) is 1. The lowest BCUT2D eigenvalue weighted by molar-refractivity contribution is 0.203.